The zero-order valence-electron chi connectivity index (χ0n) is 7.20. The molecule has 0 atom stereocenters. The van der Waals surface area contributed by atoms with Gasteiger partial charge in [0.2, 0.25) is 0 Å². The van der Waals surface area contributed by atoms with Gasteiger partial charge in [-0.25, -0.2) is 8.42 Å². The zero-order valence-corrected chi connectivity index (χ0v) is 8.02. The zero-order chi connectivity index (χ0) is 8.60. The summed E-state index contributed by atoms with van der Waals surface area (Å²) in [6, 6.07) is 0.709. The Morgan fingerprint density at radius 3 is 2.08 bits per heavy atom. The van der Waals surface area contributed by atoms with Crippen molar-refractivity contribution in [1.82, 2.24) is 4.90 Å². The van der Waals surface area contributed by atoms with Crippen molar-refractivity contribution in [3.8, 4) is 0 Å². The number of hydrogen-bond acceptors (Lipinski definition) is 3. The Morgan fingerprint density at radius 1 is 1.08 bits per heavy atom. The minimum atomic E-state index is -2.67. The van der Waals surface area contributed by atoms with Crippen molar-refractivity contribution in [3.05, 3.63) is 0 Å². The molecule has 2 fully saturated rings. The third kappa shape index (κ3) is 1.64. The molecule has 0 radical (unpaired) electrons. The first-order chi connectivity index (χ1) is 5.67. The summed E-state index contributed by atoms with van der Waals surface area (Å²) in [4.78, 5) is 2.34. The maximum Gasteiger partial charge on any atom is 0.152 e. The van der Waals surface area contributed by atoms with Gasteiger partial charge in [0.25, 0.3) is 0 Å². The van der Waals surface area contributed by atoms with E-state index in [0.29, 0.717) is 17.5 Å². The summed E-state index contributed by atoms with van der Waals surface area (Å²) in [6.07, 6.45) is 3.88. The van der Waals surface area contributed by atoms with Gasteiger partial charge in [-0.05, 0) is 12.8 Å². The fourth-order valence-electron chi connectivity index (χ4n) is 1.84. The van der Waals surface area contributed by atoms with Crippen LogP contribution in [-0.2, 0) is 9.84 Å². The Labute approximate surface area is 73.7 Å². The number of sulfone groups is 1. The minimum Gasteiger partial charge on any atom is -0.298 e. The van der Waals surface area contributed by atoms with Crippen LogP contribution in [0.1, 0.15) is 19.3 Å². The Morgan fingerprint density at radius 2 is 1.67 bits per heavy atom. The number of nitrogens with zero attached hydrogens (tertiary/aromatic N) is 1. The highest BCUT2D eigenvalue weighted by atomic mass is 32.2. The van der Waals surface area contributed by atoms with E-state index in [1.54, 1.807) is 0 Å². The molecule has 0 bridgehead atoms. The number of hydrogen-bond donors (Lipinski definition) is 0. The molecule has 0 aromatic rings. The molecular formula is C8H15NO2S. The summed E-state index contributed by atoms with van der Waals surface area (Å²) in [5.41, 5.74) is 0. The topological polar surface area (TPSA) is 37.4 Å². The predicted octanol–water partition coefficient (Wildman–Crippen LogP) is 0.269. The fraction of sp³-hybridized carbons (Fsp3) is 1.00. The van der Waals surface area contributed by atoms with Gasteiger partial charge in [-0.15, -0.1) is 0 Å². The molecule has 2 aliphatic rings. The van der Waals surface area contributed by atoms with Crippen molar-refractivity contribution >= 4 is 9.84 Å². The van der Waals surface area contributed by atoms with Gasteiger partial charge >= 0.3 is 0 Å². The molecule has 70 valence electrons. The maximum absolute atomic E-state index is 11.1. The van der Waals surface area contributed by atoms with Crippen LogP contribution in [0.4, 0.5) is 0 Å². The van der Waals surface area contributed by atoms with Crippen LogP contribution in [0.25, 0.3) is 0 Å². The van der Waals surface area contributed by atoms with Crippen LogP contribution in [0, 0.1) is 0 Å². The second-order valence-corrected chi connectivity index (χ2v) is 6.08. The molecule has 2 rings (SSSR count). The third-order valence-electron chi connectivity index (χ3n) is 2.97. The highest BCUT2D eigenvalue weighted by Gasteiger charge is 2.29. The smallest absolute Gasteiger partial charge is 0.152 e. The quantitative estimate of drug-likeness (QED) is 0.594. The summed E-state index contributed by atoms with van der Waals surface area (Å²) in [6.45, 7) is 1.54. The van der Waals surface area contributed by atoms with Gasteiger partial charge in [-0.2, -0.15) is 0 Å². The van der Waals surface area contributed by atoms with Gasteiger partial charge < -0.3 is 0 Å². The van der Waals surface area contributed by atoms with E-state index in [-0.39, 0.29) is 0 Å². The lowest BCUT2D eigenvalue weighted by Gasteiger charge is -2.39. The third-order valence-corrected chi connectivity index (χ3v) is 4.58. The van der Waals surface area contributed by atoms with E-state index >= 15 is 0 Å². The molecule has 12 heavy (non-hydrogen) atoms. The summed E-state index contributed by atoms with van der Waals surface area (Å²) < 4.78 is 22.2. The maximum atomic E-state index is 11.1. The molecule has 1 heterocycles. The van der Waals surface area contributed by atoms with Gasteiger partial charge in [0, 0.05) is 19.1 Å². The van der Waals surface area contributed by atoms with Crippen LogP contribution in [0.2, 0.25) is 0 Å². The molecular weight excluding hydrogens is 174 g/mol. The van der Waals surface area contributed by atoms with Gasteiger partial charge in [0.1, 0.15) is 0 Å². The largest absolute Gasteiger partial charge is 0.298 e. The van der Waals surface area contributed by atoms with Crippen LogP contribution in [0.3, 0.4) is 0 Å². The van der Waals surface area contributed by atoms with E-state index in [0.717, 1.165) is 13.1 Å². The second-order valence-electron chi connectivity index (χ2n) is 3.77. The fourth-order valence-corrected chi connectivity index (χ4v) is 3.07. The van der Waals surface area contributed by atoms with Crippen molar-refractivity contribution in [2.75, 3.05) is 24.6 Å². The first kappa shape index (κ1) is 8.51. The van der Waals surface area contributed by atoms with Crippen LogP contribution >= 0.6 is 0 Å². The van der Waals surface area contributed by atoms with Crippen molar-refractivity contribution in [1.29, 1.82) is 0 Å². The molecule has 0 aromatic carbocycles. The Balaban J connectivity index is 1.89. The molecule has 3 nitrogen and oxygen atoms in total. The number of rotatable bonds is 1. The lowest BCUT2D eigenvalue weighted by Crippen LogP contribution is -2.48. The SMILES string of the molecule is O=S1(=O)CCN(C2CCC2)CC1. The van der Waals surface area contributed by atoms with E-state index in [1.165, 1.54) is 19.3 Å². The minimum absolute atomic E-state index is 0.378. The van der Waals surface area contributed by atoms with Crippen molar-refractivity contribution in [2.24, 2.45) is 0 Å². The molecule has 0 amide bonds. The molecule has 0 spiro atoms. The van der Waals surface area contributed by atoms with Gasteiger partial charge in [-0.3, -0.25) is 4.90 Å². The standard InChI is InChI=1S/C8H15NO2S/c10-12(11)6-4-9(5-7-12)8-2-1-3-8/h8H,1-7H2. The van der Waals surface area contributed by atoms with Crippen molar-refractivity contribution < 1.29 is 8.42 Å². The second kappa shape index (κ2) is 3.00. The first-order valence-corrected chi connectivity index (χ1v) is 6.44. The lowest BCUT2D eigenvalue weighted by atomic mass is 9.91. The molecule has 1 aliphatic heterocycles. The van der Waals surface area contributed by atoms with E-state index < -0.39 is 9.84 Å². The summed E-state index contributed by atoms with van der Waals surface area (Å²) >= 11 is 0. The van der Waals surface area contributed by atoms with Gasteiger partial charge in [0.15, 0.2) is 9.84 Å². The molecule has 0 unspecified atom stereocenters. The van der Waals surface area contributed by atoms with Gasteiger partial charge in [-0.1, -0.05) is 6.42 Å². The van der Waals surface area contributed by atoms with Crippen LogP contribution in [-0.4, -0.2) is 44.0 Å². The molecule has 0 N–H and O–H groups in total. The van der Waals surface area contributed by atoms with E-state index in [1.807, 2.05) is 0 Å². The predicted molar refractivity (Wildman–Crippen MR) is 47.9 cm³/mol. The summed E-state index contributed by atoms with van der Waals surface area (Å²) in [7, 11) is -2.67. The summed E-state index contributed by atoms with van der Waals surface area (Å²) in [5, 5.41) is 0. The van der Waals surface area contributed by atoms with E-state index in [4.69, 9.17) is 0 Å². The highest BCUT2D eigenvalue weighted by molar-refractivity contribution is 7.91. The van der Waals surface area contributed by atoms with Gasteiger partial charge in [0.05, 0.1) is 11.5 Å². The summed E-state index contributed by atoms with van der Waals surface area (Å²) in [5.74, 6) is 0.757. The average Bonchev–Trinajstić information content (AvgIpc) is 1.89. The normalized spacial score (nSPS) is 31.3. The highest BCUT2D eigenvalue weighted by Crippen LogP contribution is 2.25. The van der Waals surface area contributed by atoms with Crippen LogP contribution in [0.5, 0.6) is 0 Å². The Kier molecular flexibility index (Phi) is 2.12. The van der Waals surface area contributed by atoms with E-state index in [9.17, 15) is 8.42 Å². The molecule has 1 saturated heterocycles. The van der Waals surface area contributed by atoms with Crippen LogP contribution < -0.4 is 0 Å². The van der Waals surface area contributed by atoms with Crippen LogP contribution in [0.15, 0.2) is 0 Å². The first-order valence-electron chi connectivity index (χ1n) is 4.62. The van der Waals surface area contributed by atoms with Crippen molar-refractivity contribution in [2.45, 2.75) is 25.3 Å². The molecule has 0 aromatic heterocycles. The lowest BCUT2D eigenvalue weighted by molar-refractivity contribution is 0.138. The molecule has 1 saturated carbocycles. The molecule has 1 aliphatic carbocycles. The average molecular weight is 189 g/mol. The van der Waals surface area contributed by atoms with Crippen molar-refractivity contribution in [3.63, 3.8) is 0 Å². The Bertz CT molecular complexity index is 242. The van der Waals surface area contributed by atoms with E-state index in [2.05, 4.69) is 4.90 Å². The monoisotopic (exact) mass is 189 g/mol. The Hall–Kier alpha value is -0.0900. The molecule has 4 heteroatoms.